The predicted octanol–water partition coefficient (Wildman–Crippen LogP) is 3.62. The molecule has 0 saturated carbocycles. The number of ether oxygens (including phenoxy) is 1. The Morgan fingerprint density at radius 3 is 2.58 bits per heavy atom. The maximum atomic E-state index is 12.6. The predicted molar refractivity (Wildman–Crippen MR) is 60.3 cm³/mol. The summed E-state index contributed by atoms with van der Waals surface area (Å²) >= 11 is 0. The van der Waals surface area contributed by atoms with Gasteiger partial charge in [-0.25, -0.2) is 0 Å². The highest BCUT2D eigenvalue weighted by Gasteiger charge is 2.31. The van der Waals surface area contributed by atoms with Crippen molar-refractivity contribution in [2.45, 2.75) is 31.4 Å². The molecule has 2 unspecified atom stereocenters. The Kier molecular flexibility index (Phi) is 2.79. The minimum Gasteiger partial charge on any atom is -0.458 e. The van der Waals surface area contributed by atoms with Gasteiger partial charge in [-0.2, -0.15) is 13.2 Å². The number of aliphatic hydroxyl groups excluding tert-OH is 1. The lowest BCUT2D eigenvalue weighted by Gasteiger charge is -2.05. The van der Waals surface area contributed by atoms with Crippen LogP contribution in [0.2, 0.25) is 0 Å². The van der Waals surface area contributed by atoms with Crippen molar-refractivity contribution >= 4 is 11.0 Å². The van der Waals surface area contributed by atoms with Crippen LogP contribution in [0.1, 0.15) is 30.3 Å². The van der Waals surface area contributed by atoms with Gasteiger partial charge in [-0.15, -0.1) is 0 Å². The number of rotatable bonds is 1. The van der Waals surface area contributed by atoms with Crippen LogP contribution in [0.5, 0.6) is 0 Å². The van der Waals surface area contributed by atoms with Crippen molar-refractivity contribution in [1.82, 2.24) is 0 Å². The third-order valence-electron chi connectivity index (χ3n) is 3.18. The molecule has 3 rings (SSSR count). The first-order chi connectivity index (χ1) is 8.93. The molecule has 1 aromatic carbocycles. The molecule has 2 atom stereocenters. The molecule has 0 aliphatic carbocycles. The zero-order valence-corrected chi connectivity index (χ0v) is 9.78. The van der Waals surface area contributed by atoms with Crippen LogP contribution < -0.4 is 0 Å². The lowest BCUT2D eigenvalue weighted by molar-refractivity contribution is -0.137. The summed E-state index contributed by atoms with van der Waals surface area (Å²) in [4.78, 5) is 0. The van der Waals surface area contributed by atoms with Gasteiger partial charge in [0.05, 0.1) is 5.56 Å². The smallest absolute Gasteiger partial charge is 0.416 e. The molecule has 1 aromatic heterocycles. The molecule has 2 aromatic rings. The van der Waals surface area contributed by atoms with Gasteiger partial charge in [-0.1, -0.05) is 0 Å². The van der Waals surface area contributed by atoms with Crippen LogP contribution >= 0.6 is 0 Å². The van der Waals surface area contributed by atoms with Crippen LogP contribution in [0.4, 0.5) is 13.2 Å². The Morgan fingerprint density at radius 2 is 1.95 bits per heavy atom. The minimum absolute atomic E-state index is 0.382. The second kappa shape index (κ2) is 4.25. The zero-order valence-electron chi connectivity index (χ0n) is 9.78. The Hall–Kier alpha value is -1.53. The van der Waals surface area contributed by atoms with Gasteiger partial charge in [-0.05, 0) is 30.7 Å². The average molecular weight is 272 g/mol. The molecule has 1 N–H and O–H groups in total. The van der Waals surface area contributed by atoms with Crippen molar-refractivity contribution < 1.29 is 27.4 Å². The molecule has 0 radical (unpaired) electrons. The summed E-state index contributed by atoms with van der Waals surface area (Å²) in [6, 6.07) is 4.87. The highest BCUT2D eigenvalue weighted by atomic mass is 19.4. The normalized spacial score (nSPS) is 24.2. The molecule has 0 bridgehead atoms. The fourth-order valence-electron chi connectivity index (χ4n) is 2.23. The standard InChI is InChI=1S/C13H11F3O3/c14-13(15,16)8-1-2-9-7(5-8)6-11(18-9)10-3-4-12(17)19-10/h1-2,5-6,10,12,17H,3-4H2. The van der Waals surface area contributed by atoms with Crippen molar-refractivity contribution in [3.63, 3.8) is 0 Å². The van der Waals surface area contributed by atoms with E-state index in [9.17, 15) is 18.3 Å². The van der Waals surface area contributed by atoms with Crippen molar-refractivity contribution in [1.29, 1.82) is 0 Å². The van der Waals surface area contributed by atoms with E-state index in [2.05, 4.69) is 0 Å². The van der Waals surface area contributed by atoms with E-state index >= 15 is 0 Å². The number of furan rings is 1. The van der Waals surface area contributed by atoms with Crippen molar-refractivity contribution in [2.24, 2.45) is 0 Å². The van der Waals surface area contributed by atoms with E-state index in [-0.39, 0.29) is 0 Å². The Bertz CT molecular complexity index is 603. The number of hydrogen-bond acceptors (Lipinski definition) is 3. The molecular formula is C13H11F3O3. The Balaban J connectivity index is 1.97. The Labute approximate surface area is 106 Å². The molecule has 0 spiro atoms. The minimum atomic E-state index is -4.37. The van der Waals surface area contributed by atoms with E-state index in [4.69, 9.17) is 9.15 Å². The number of alkyl halides is 3. The summed E-state index contributed by atoms with van der Waals surface area (Å²) in [7, 11) is 0. The third kappa shape index (κ3) is 2.33. The summed E-state index contributed by atoms with van der Waals surface area (Å²) < 4.78 is 48.4. The van der Waals surface area contributed by atoms with Gasteiger partial charge in [0.25, 0.3) is 0 Å². The van der Waals surface area contributed by atoms with Crippen molar-refractivity contribution in [2.75, 3.05) is 0 Å². The fourth-order valence-corrected chi connectivity index (χ4v) is 2.23. The fraction of sp³-hybridized carbons (Fsp3) is 0.385. The molecule has 19 heavy (non-hydrogen) atoms. The maximum absolute atomic E-state index is 12.6. The molecule has 1 aliphatic rings. The lowest BCUT2D eigenvalue weighted by Crippen LogP contribution is -2.03. The highest BCUT2D eigenvalue weighted by Crippen LogP contribution is 2.37. The third-order valence-corrected chi connectivity index (χ3v) is 3.18. The van der Waals surface area contributed by atoms with Gasteiger partial charge >= 0.3 is 6.18 Å². The summed E-state index contributed by atoms with van der Waals surface area (Å²) in [5, 5.41) is 9.66. The SMILES string of the molecule is OC1CCC(c2cc3cc(C(F)(F)F)ccc3o2)O1. The monoisotopic (exact) mass is 272 g/mol. The molecule has 1 aliphatic heterocycles. The van der Waals surface area contributed by atoms with E-state index in [0.717, 1.165) is 12.1 Å². The molecule has 1 saturated heterocycles. The van der Waals surface area contributed by atoms with E-state index in [1.807, 2.05) is 0 Å². The maximum Gasteiger partial charge on any atom is 0.416 e. The number of aliphatic hydroxyl groups is 1. The molecule has 102 valence electrons. The van der Waals surface area contributed by atoms with Crippen LogP contribution in [0, 0.1) is 0 Å². The van der Waals surface area contributed by atoms with E-state index < -0.39 is 24.1 Å². The van der Waals surface area contributed by atoms with Gasteiger partial charge in [0, 0.05) is 11.8 Å². The second-order valence-electron chi connectivity index (χ2n) is 4.56. The van der Waals surface area contributed by atoms with Crippen molar-refractivity contribution in [3.05, 3.63) is 35.6 Å². The van der Waals surface area contributed by atoms with Crippen LogP contribution in [0.15, 0.2) is 28.7 Å². The van der Waals surface area contributed by atoms with E-state index in [1.54, 1.807) is 0 Å². The first-order valence-electron chi connectivity index (χ1n) is 5.88. The van der Waals surface area contributed by atoms with Gasteiger partial charge in [-0.3, -0.25) is 0 Å². The van der Waals surface area contributed by atoms with Gasteiger partial charge in [0.1, 0.15) is 17.4 Å². The van der Waals surface area contributed by atoms with Gasteiger partial charge < -0.3 is 14.3 Å². The number of benzene rings is 1. The second-order valence-corrected chi connectivity index (χ2v) is 4.56. The largest absolute Gasteiger partial charge is 0.458 e. The number of halogens is 3. The number of fused-ring (bicyclic) bond motifs is 1. The molecule has 2 heterocycles. The average Bonchev–Trinajstić information content (AvgIpc) is 2.92. The highest BCUT2D eigenvalue weighted by molar-refractivity contribution is 5.79. The van der Waals surface area contributed by atoms with Crippen LogP contribution in [-0.4, -0.2) is 11.4 Å². The quantitative estimate of drug-likeness (QED) is 0.862. The molecule has 3 nitrogen and oxygen atoms in total. The molecule has 1 fully saturated rings. The molecular weight excluding hydrogens is 261 g/mol. The summed E-state index contributed by atoms with van der Waals surface area (Å²) in [6.07, 6.45) is -4.51. The lowest BCUT2D eigenvalue weighted by atomic mass is 10.1. The van der Waals surface area contributed by atoms with Crippen molar-refractivity contribution in [3.8, 4) is 0 Å². The molecule has 6 heteroatoms. The van der Waals surface area contributed by atoms with E-state index in [1.165, 1.54) is 12.1 Å². The van der Waals surface area contributed by atoms with Crippen LogP contribution in [-0.2, 0) is 10.9 Å². The first-order valence-corrected chi connectivity index (χ1v) is 5.88. The van der Waals surface area contributed by atoms with E-state index in [0.29, 0.717) is 29.6 Å². The summed E-state index contributed by atoms with van der Waals surface area (Å²) in [5.74, 6) is 0.450. The summed E-state index contributed by atoms with van der Waals surface area (Å²) in [6.45, 7) is 0. The van der Waals surface area contributed by atoms with Gasteiger partial charge in [0.2, 0.25) is 0 Å². The topological polar surface area (TPSA) is 42.6 Å². The van der Waals surface area contributed by atoms with Gasteiger partial charge in [0.15, 0.2) is 6.29 Å². The van der Waals surface area contributed by atoms with Crippen LogP contribution in [0.3, 0.4) is 0 Å². The molecule has 0 amide bonds. The number of hydrogen-bond donors (Lipinski definition) is 1. The zero-order chi connectivity index (χ0) is 13.6. The summed E-state index contributed by atoms with van der Waals surface area (Å²) in [5.41, 5.74) is -0.326. The van der Waals surface area contributed by atoms with Crippen LogP contribution in [0.25, 0.3) is 11.0 Å². The Morgan fingerprint density at radius 1 is 1.16 bits per heavy atom. The first kappa shape index (κ1) is 12.5.